The highest BCUT2D eigenvalue weighted by atomic mass is 35.5. The fraction of sp³-hybridized carbons (Fsp3) is 0.300. The Hall–Kier alpha value is -2.02. The van der Waals surface area contributed by atoms with E-state index in [1.54, 1.807) is 6.07 Å². The monoisotopic (exact) mass is 405 g/mol. The molecule has 1 saturated heterocycles. The van der Waals surface area contributed by atoms with E-state index in [1.807, 2.05) is 41.3 Å². The van der Waals surface area contributed by atoms with Crippen molar-refractivity contribution < 1.29 is 9.59 Å². The quantitative estimate of drug-likeness (QED) is 0.722. The predicted octanol–water partition coefficient (Wildman–Crippen LogP) is 2.50. The number of primary amides is 1. The van der Waals surface area contributed by atoms with Crippen LogP contribution < -0.4 is 11.5 Å². The van der Waals surface area contributed by atoms with Gasteiger partial charge in [0.2, 0.25) is 5.91 Å². The van der Waals surface area contributed by atoms with Gasteiger partial charge in [0.1, 0.15) is 0 Å². The third-order valence-corrected chi connectivity index (χ3v) is 5.84. The molecule has 0 radical (unpaired) electrons. The molecular formula is C20H24ClN3O2S. The van der Waals surface area contributed by atoms with Gasteiger partial charge in [-0.25, -0.2) is 0 Å². The summed E-state index contributed by atoms with van der Waals surface area (Å²) in [4.78, 5) is 26.8. The van der Waals surface area contributed by atoms with E-state index in [0.717, 1.165) is 4.90 Å². The molecule has 0 aliphatic carbocycles. The van der Waals surface area contributed by atoms with Crippen molar-refractivity contribution in [1.82, 2.24) is 4.90 Å². The Kier molecular flexibility index (Phi) is 7.71. The zero-order chi connectivity index (χ0) is 18.5. The fourth-order valence-electron chi connectivity index (χ4n) is 3.44. The summed E-state index contributed by atoms with van der Waals surface area (Å²) >= 11 is 1.30. The van der Waals surface area contributed by atoms with Gasteiger partial charge >= 0.3 is 0 Å². The predicted molar refractivity (Wildman–Crippen MR) is 111 cm³/mol. The van der Waals surface area contributed by atoms with Crippen molar-refractivity contribution >= 4 is 36.0 Å². The zero-order valence-electron chi connectivity index (χ0n) is 14.9. The minimum Gasteiger partial charge on any atom is -0.369 e. The first-order valence-corrected chi connectivity index (χ1v) is 9.63. The normalized spacial score (nSPS) is 18.8. The number of nitrogens with two attached hydrogens (primary N) is 2. The van der Waals surface area contributed by atoms with Gasteiger partial charge in [-0.2, -0.15) is 0 Å². The van der Waals surface area contributed by atoms with Crippen LogP contribution in [-0.4, -0.2) is 42.1 Å². The molecule has 2 aromatic rings. The molecule has 0 unspecified atom stereocenters. The van der Waals surface area contributed by atoms with Gasteiger partial charge in [0.15, 0.2) is 0 Å². The van der Waals surface area contributed by atoms with E-state index in [9.17, 15) is 9.59 Å². The van der Waals surface area contributed by atoms with Gasteiger partial charge in [-0.1, -0.05) is 42.5 Å². The number of carbonyl (C=O) groups excluding carboxylic acids is 2. The van der Waals surface area contributed by atoms with Gasteiger partial charge in [-0.3, -0.25) is 9.59 Å². The lowest BCUT2D eigenvalue weighted by molar-refractivity contribution is -0.115. The van der Waals surface area contributed by atoms with E-state index < -0.39 is 5.91 Å². The molecule has 0 bridgehead atoms. The third kappa shape index (κ3) is 5.03. The number of halogens is 1. The molecule has 4 N–H and O–H groups in total. The van der Waals surface area contributed by atoms with E-state index in [-0.39, 0.29) is 35.9 Å². The molecule has 2 atom stereocenters. The Morgan fingerprint density at radius 3 is 2.37 bits per heavy atom. The Bertz CT molecular complexity index is 788. The van der Waals surface area contributed by atoms with E-state index in [2.05, 4.69) is 12.1 Å². The van der Waals surface area contributed by atoms with Crippen LogP contribution in [0.25, 0.3) is 0 Å². The summed E-state index contributed by atoms with van der Waals surface area (Å²) in [5.41, 5.74) is 13.0. The summed E-state index contributed by atoms with van der Waals surface area (Å²) in [5, 5.41) is 0. The topological polar surface area (TPSA) is 89.4 Å². The summed E-state index contributed by atoms with van der Waals surface area (Å²) in [6, 6.07) is 17.6. The van der Waals surface area contributed by atoms with E-state index in [4.69, 9.17) is 11.5 Å². The summed E-state index contributed by atoms with van der Waals surface area (Å²) in [5.74, 6) is 0.227. The smallest absolute Gasteiger partial charge is 0.255 e. The van der Waals surface area contributed by atoms with E-state index in [1.165, 1.54) is 17.3 Å². The highest BCUT2D eigenvalue weighted by Crippen LogP contribution is 2.34. The van der Waals surface area contributed by atoms with Crippen LogP contribution in [0.15, 0.2) is 59.5 Å². The molecule has 1 aliphatic rings. The van der Waals surface area contributed by atoms with Crippen molar-refractivity contribution in [2.45, 2.75) is 10.8 Å². The van der Waals surface area contributed by atoms with E-state index >= 15 is 0 Å². The maximum absolute atomic E-state index is 13.1. The van der Waals surface area contributed by atoms with Gasteiger partial charge in [0.25, 0.3) is 5.91 Å². The molecule has 2 aromatic carbocycles. The molecular weight excluding hydrogens is 382 g/mol. The molecule has 144 valence electrons. The van der Waals surface area contributed by atoms with Gasteiger partial charge in [-0.05, 0) is 30.2 Å². The molecule has 0 saturated carbocycles. The van der Waals surface area contributed by atoms with Crippen molar-refractivity contribution in [3.05, 3.63) is 65.7 Å². The highest BCUT2D eigenvalue weighted by molar-refractivity contribution is 8.00. The number of nitrogens with zero attached hydrogens (tertiary/aromatic N) is 1. The second kappa shape index (κ2) is 9.78. The Balaban J connectivity index is 0.00000261. The fourth-order valence-corrected chi connectivity index (χ4v) is 4.23. The summed E-state index contributed by atoms with van der Waals surface area (Å²) in [6.07, 6.45) is 0. The first kappa shape index (κ1) is 21.3. The number of thioether (sulfide) groups is 1. The molecule has 7 heteroatoms. The number of rotatable bonds is 6. The summed E-state index contributed by atoms with van der Waals surface area (Å²) in [7, 11) is 0. The number of benzene rings is 2. The number of likely N-dealkylation sites (tertiary alicyclic amines) is 1. The van der Waals surface area contributed by atoms with Crippen molar-refractivity contribution in [3.63, 3.8) is 0 Å². The molecule has 1 heterocycles. The van der Waals surface area contributed by atoms with Gasteiger partial charge < -0.3 is 16.4 Å². The SMILES string of the molecule is Cl.NC[C@@H]1CN(C(=O)c2ccccc2SCC(N)=O)C[C@H]1c1ccccc1. The standard InChI is InChI=1S/C20H23N3O2S.ClH/c21-10-15-11-23(12-17(15)14-6-2-1-3-7-14)20(25)16-8-4-5-9-18(16)26-13-19(22)24;/h1-9,15,17H,10-13,21H2,(H2,22,24);1H/t15-,17+;/m1./s1. The number of carbonyl (C=O) groups is 2. The average Bonchev–Trinajstić information content (AvgIpc) is 3.11. The van der Waals surface area contributed by atoms with Gasteiger partial charge in [0.05, 0.1) is 11.3 Å². The molecule has 1 fully saturated rings. The Labute approximate surface area is 169 Å². The van der Waals surface area contributed by atoms with Crippen LogP contribution in [0.4, 0.5) is 0 Å². The van der Waals surface area contributed by atoms with E-state index in [0.29, 0.717) is 25.2 Å². The molecule has 3 rings (SSSR count). The lowest BCUT2D eigenvalue weighted by Crippen LogP contribution is -2.30. The van der Waals surface area contributed by atoms with Gasteiger partial charge in [-0.15, -0.1) is 24.2 Å². The first-order chi connectivity index (χ1) is 12.6. The summed E-state index contributed by atoms with van der Waals surface area (Å²) < 4.78 is 0. The number of hydrogen-bond acceptors (Lipinski definition) is 4. The lowest BCUT2D eigenvalue weighted by atomic mass is 9.89. The van der Waals surface area contributed by atoms with Crippen LogP contribution in [0.5, 0.6) is 0 Å². The van der Waals surface area contributed by atoms with Crippen molar-refractivity contribution in [1.29, 1.82) is 0 Å². The molecule has 27 heavy (non-hydrogen) atoms. The molecule has 2 amide bonds. The minimum absolute atomic E-state index is 0. The van der Waals surface area contributed by atoms with Gasteiger partial charge in [0, 0.05) is 23.9 Å². The van der Waals surface area contributed by atoms with Crippen molar-refractivity contribution in [3.8, 4) is 0 Å². The largest absolute Gasteiger partial charge is 0.369 e. The van der Waals surface area contributed by atoms with Crippen LogP contribution in [-0.2, 0) is 4.79 Å². The molecule has 1 aliphatic heterocycles. The lowest BCUT2D eigenvalue weighted by Gasteiger charge is -2.18. The average molecular weight is 406 g/mol. The van der Waals surface area contributed by atoms with Crippen LogP contribution >= 0.6 is 24.2 Å². The van der Waals surface area contributed by atoms with Crippen LogP contribution in [0.1, 0.15) is 21.8 Å². The third-order valence-electron chi connectivity index (χ3n) is 4.75. The number of amides is 2. The van der Waals surface area contributed by atoms with Crippen LogP contribution in [0.2, 0.25) is 0 Å². The Morgan fingerprint density at radius 1 is 1.04 bits per heavy atom. The second-order valence-electron chi connectivity index (χ2n) is 6.47. The van der Waals surface area contributed by atoms with Crippen molar-refractivity contribution in [2.24, 2.45) is 17.4 Å². The molecule has 0 spiro atoms. The maximum Gasteiger partial charge on any atom is 0.255 e. The molecule has 5 nitrogen and oxygen atoms in total. The van der Waals surface area contributed by atoms with Crippen molar-refractivity contribution in [2.75, 3.05) is 25.4 Å². The minimum atomic E-state index is -0.397. The highest BCUT2D eigenvalue weighted by Gasteiger charge is 2.36. The molecule has 0 aromatic heterocycles. The Morgan fingerprint density at radius 2 is 1.70 bits per heavy atom. The van der Waals surface area contributed by atoms with Crippen LogP contribution in [0, 0.1) is 5.92 Å². The van der Waals surface area contributed by atoms with Crippen LogP contribution in [0.3, 0.4) is 0 Å². The maximum atomic E-state index is 13.1. The number of hydrogen-bond donors (Lipinski definition) is 2. The summed E-state index contributed by atoms with van der Waals surface area (Å²) in [6.45, 7) is 1.84. The zero-order valence-corrected chi connectivity index (χ0v) is 16.5. The first-order valence-electron chi connectivity index (χ1n) is 8.64. The second-order valence-corrected chi connectivity index (χ2v) is 7.49.